The fraction of sp³-hybridized carbons (Fsp3) is 0.625. The number of rotatable bonds is 3. The van der Waals surface area contributed by atoms with Gasteiger partial charge in [0.25, 0.3) is 0 Å². The molecule has 4 nitrogen and oxygen atoms in total. The molecule has 0 amide bonds. The van der Waals surface area contributed by atoms with Gasteiger partial charge < -0.3 is 5.11 Å². The summed E-state index contributed by atoms with van der Waals surface area (Å²) in [5.41, 5.74) is 3.16. The summed E-state index contributed by atoms with van der Waals surface area (Å²) < 4.78 is 23.3. The van der Waals surface area contributed by atoms with E-state index in [1.54, 1.807) is 13.8 Å². The van der Waals surface area contributed by atoms with Crippen LogP contribution in [0.5, 0.6) is 0 Å². The number of benzene rings is 1. The Morgan fingerprint density at radius 3 is 2.33 bits per heavy atom. The van der Waals surface area contributed by atoms with E-state index < -0.39 is 20.7 Å². The van der Waals surface area contributed by atoms with Crippen LogP contribution in [0.4, 0.5) is 0 Å². The van der Waals surface area contributed by atoms with Gasteiger partial charge in [-0.2, -0.15) is 0 Å². The Balaban J connectivity index is 2.08. The minimum atomic E-state index is -3.03. The van der Waals surface area contributed by atoms with E-state index in [0.717, 1.165) is 16.7 Å². The first kappa shape index (κ1) is 16.5. The van der Waals surface area contributed by atoms with Crippen LogP contribution < -0.4 is 0 Å². The minimum Gasteiger partial charge on any atom is -0.387 e. The second-order valence-electron chi connectivity index (χ2n) is 6.75. The predicted molar refractivity (Wildman–Crippen MR) is 85.2 cm³/mol. The Hall–Kier alpha value is -0.910. The summed E-state index contributed by atoms with van der Waals surface area (Å²) >= 11 is 0. The van der Waals surface area contributed by atoms with Gasteiger partial charge in [0.15, 0.2) is 9.84 Å². The topological polar surface area (TPSA) is 57.6 Å². The standard InChI is InChI=1S/C16H25NO3S/c1-12-7-13(2)9-14(8-12)15(18)10-17-5-6-21(19,20)16(3,4)11-17/h7-9,15,18H,5-6,10-11H2,1-4H3. The average Bonchev–Trinajstić information content (AvgIpc) is 2.32. The van der Waals surface area contributed by atoms with Crippen molar-refractivity contribution in [3.05, 3.63) is 34.9 Å². The van der Waals surface area contributed by atoms with Gasteiger partial charge >= 0.3 is 0 Å². The average molecular weight is 311 g/mol. The van der Waals surface area contributed by atoms with Gasteiger partial charge in [0.2, 0.25) is 0 Å². The van der Waals surface area contributed by atoms with Crippen molar-refractivity contribution in [2.75, 3.05) is 25.4 Å². The highest BCUT2D eigenvalue weighted by atomic mass is 32.2. The monoisotopic (exact) mass is 311 g/mol. The van der Waals surface area contributed by atoms with Gasteiger partial charge in [-0.25, -0.2) is 8.42 Å². The maximum absolute atomic E-state index is 12.0. The van der Waals surface area contributed by atoms with Crippen LogP contribution >= 0.6 is 0 Å². The van der Waals surface area contributed by atoms with Crippen LogP contribution in [0.3, 0.4) is 0 Å². The van der Waals surface area contributed by atoms with E-state index in [2.05, 4.69) is 6.07 Å². The van der Waals surface area contributed by atoms with Crippen LogP contribution in [0, 0.1) is 13.8 Å². The Labute approximate surface area is 127 Å². The maximum atomic E-state index is 12.0. The lowest BCUT2D eigenvalue weighted by Crippen LogP contribution is -2.53. The molecule has 1 fully saturated rings. The SMILES string of the molecule is Cc1cc(C)cc(C(O)CN2CCS(=O)(=O)C(C)(C)C2)c1. The Bertz CT molecular complexity index is 602. The van der Waals surface area contributed by atoms with Crippen LogP contribution in [0.25, 0.3) is 0 Å². The molecule has 1 aliphatic heterocycles. The van der Waals surface area contributed by atoms with Gasteiger partial charge in [-0.3, -0.25) is 4.90 Å². The third kappa shape index (κ3) is 3.65. The smallest absolute Gasteiger partial charge is 0.157 e. The summed E-state index contributed by atoms with van der Waals surface area (Å²) in [6.45, 7) is 8.99. The summed E-state index contributed by atoms with van der Waals surface area (Å²) in [6.07, 6.45) is -0.583. The van der Waals surface area contributed by atoms with Crippen molar-refractivity contribution in [2.24, 2.45) is 0 Å². The van der Waals surface area contributed by atoms with E-state index in [1.165, 1.54) is 0 Å². The number of hydrogen-bond donors (Lipinski definition) is 1. The van der Waals surface area contributed by atoms with E-state index in [1.807, 2.05) is 30.9 Å². The quantitative estimate of drug-likeness (QED) is 0.925. The van der Waals surface area contributed by atoms with Crippen molar-refractivity contribution in [1.82, 2.24) is 4.90 Å². The predicted octanol–water partition coefficient (Wildman–Crippen LogP) is 1.85. The second kappa shape index (κ2) is 5.71. The summed E-state index contributed by atoms with van der Waals surface area (Å²) in [5, 5.41) is 10.4. The molecule has 0 saturated carbocycles. The van der Waals surface area contributed by atoms with Crippen LogP contribution in [0.2, 0.25) is 0 Å². The number of sulfone groups is 1. The lowest BCUT2D eigenvalue weighted by atomic mass is 10.0. The van der Waals surface area contributed by atoms with Crippen LogP contribution in [0.15, 0.2) is 18.2 Å². The first-order valence-corrected chi connectivity index (χ1v) is 8.97. The number of nitrogens with zero attached hydrogens (tertiary/aromatic N) is 1. The van der Waals surface area contributed by atoms with Gasteiger partial charge in [0.1, 0.15) is 0 Å². The van der Waals surface area contributed by atoms with Crippen molar-refractivity contribution >= 4 is 9.84 Å². The van der Waals surface area contributed by atoms with Gasteiger partial charge in [-0.1, -0.05) is 29.3 Å². The number of aryl methyl sites for hydroxylation is 2. The minimum absolute atomic E-state index is 0.166. The molecule has 1 N–H and O–H groups in total. The van der Waals surface area contributed by atoms with E-state index in [0.29, 0.717) is 19.6 Å². The van der Waals surface area contributed by atoms with E-state index in [4.69, 9.17) is 0 Å². The maximum Gasteiger partial charge on any atom is 0.157 e. The highest BCUT2D eigenvalue weighted by molar-refractivity contribution is 7.92. The summed E-state index contributed by atoms with van der Waals surface area (Å²) in [5.74, 6) is 0.166. The molecule has 118 valence electrons. The molecule has 2 rings (SSSR count). The van der Waals surface area contributed by atoms with Gasteiger partial charge in [0.05, 0.1) is 16.6 Å². The highest BCUT2D eigenvalue weighted by Crippen LogP contribution is 2.26. The van der Waals surface area contributed by atoms with Crippen molar-refractivity contribution in [3.63, 3.8) is 0 Å². The molecule has 21 heavy (non-hydrogen) atoms. The number of aliphatic hydroxyl groups is 1. The number of aliphatic hydroxyl groups excluding tert-OH is 1. The molecule has 1 aliphatic rings. The second-order valence-corrected chi connectivity index (χ2v) is 9.49. The van der Waals surface area contributed by atoms with Crippen LogP contribution in [0.1, 0.15) is 36.6 Å². The molecular weight excluding hydrogens is 286 g/mol. The van der Waals surface area contributed by atoms with Crippen molar-refractivity contribution in [3.8, 4) is 0 Å². The summed E-state index contributed by atoms with van der Waals surface area (Å²) in [4.78, 5) is 2.05. The summed E-state index contributed by atoms with van der Waals surface area (Å²) in [7, 11) is -3.03. The van der Waals surface area contributed by atoms with Gasteiger partial charge in [-0.15, -0.1) is 0 Å². The number of hydrogen-bond acceptors (Lipinski definition) is 4. The normalized spacial score (nSPS) is 22.9. The highest BCUT2D eigenvalue weighted by Gasteiger charge is 2.40. The van der Waals surface area contributed by atoms with E-state index in [-0.39, 0.29) is 5.75 Å². The molecule has 0 aliphatic carbocycles. The lowest BCUT2D eigenvalue weighted by Gasteiger charge is -2.38. The van der Waals surface area contributed by atoms with Crippen molar-refractivity contribution in [2.45, 2.75) is 38.5 Å². The van der Waals surface area contributed by atoms with Crippen LogP contribution in [-0.4, -0.2) is 48.6 Å². The lowest BCUT2D eigenvalue weighted by molar-refractivity contribution is 0.108. The van der Waals surface area contributed by atoms with Crippen molar-refractivity contribution < 1.29 is 13.5 Å². The van der Waals surface area contributed by atoms with E-state index in [9.17, 15) is 13.5 Å². The van der Waals surface area contributed by atoms with Crippen LogP contribution in [-0.2, 0) is 9.84 Å². The Morgan fingerprint density at radius 2 is 1.81 bits per heavy atom. The molecule has 1 atom stereocenters. The Kier molecular flexibility index (Phi) is 4.47. The van der Waals surface area contributed by atoms with Gasteiger partial charge in [0, 0.05) is 19.6 Å². The van der Waals surface area contributed by atoms with Crippen molar-refractivity contribution in [1.29, 1.82) is 0 Å². The zero-order valence-electron chi connectivity index (χ0n) is 13.3. The Morgan fingerprint density at radius 1 is 1.24 bits per heavy atom. The fourth-order valence-electron chi connectivity index (χ4n) is 2.95. The summed E-state index contributed by atoms with van der Waals surface area (Å²) in [6, 6.07) is 6.06. The number of β-amino-alcohol motifs (C(OH)–C–C–N with tert-alkyl or cyclic N) is 1. The first-order valence-electron chi connectivity index (χ1n) is 7.32. The molecule has 1 aromatic carbocycles. The zero-order chi connectivity index (χ0) is 15.8. The molecule has 1 heterocycles. The molecule has 1 aromatic rings. The fourth-order valence-corrected chi connectivity index (χ4v) is 4.38. The van der Waals surface area contributed by atoms with Gasteiger partial charge in [-0.05, 0) is 33.3 Å². The molecule has 1 saturated heterocycles. The zero-order valence-corrected chi connectivity index (χ0v) is 14.1. The largest absolute Gasteiger partial charge is 0.387 e. The molecule has 5 heteroatoms. The first-order chi connectivity index (χ1) is 9.60. The molecule has 0 radical (unpaired) electrons. The molecular formula is C16H25NO3S. The third-order valence-electron chi connectivity index (χ3n) is 4.18. The molecule has 0 aromatic heterocycles. The molecule has 0 bridgehead atoms. The molecule has 1 unspecified atom stereocenters. The third-order valence-corrected chi connectivity index (χ3v) is 6.72. The molecule has 0 spiro atoms. The van der Waals surface area contributed by atoms with E-state index >= 15 is 0 Å².